The average molecular weight is 497 g/mol. The van der Waals surface area contributed by atoms with E-state index in [0.717, 1.165) is 22.9 Å². The standard InChI is InChI=1S/C12H10FN.C7H9BO2.C5H3BrFN/c1-9-2-4-10(5-3-9)11-6-12(13)8-14-7-11;1-6-2-4-7(5-3-6)8(9)10;6-4-1-5(7)3-8-2-4/h2-8H,1H3;2-5,9-10H,1H3;1-3H/i13-1;;7-1. The summed E-state index contributed by atoms with van der Waals surface area (Å²) in [6.07, 6.45) is 5.55. The van der Waals surface area contributed by atoms with Crippen molar-refractivity contribution >= 4 is 28.5 Å². The van der Waals surface area contributed by atoms with E-state index in [1.54, 1.807) is 18.3 Å². The third-order valence-electron chi connectivity index (χ3n) is 4.14. The van der Waals surface area contributed by atoms with Gasteiger partial charge in [-0.2, -0.15) is 0 Å². The highest BCUT2D eigenvalue weighted by Gasteiger charge is 2.08. The van der Waals surface area contributed by atoms with Gasteiger partial charge in [-0.05, 0) is 52.9 Å². The van der Waals surface area contributed by atoms with E-state index in [-0.39, 0.29) is 11.6 Å². The number of halogens is 3. The Kier molecular flexibility index (Phi) is 10.1. The lowest BCUT2D eigenvalue weighted by atomic mass is 9.80. The highest BCUT2D eigenvalue weighted by Crippen LogP contribution is 2.19. The molecule has 0 amide bonds. The molecule has 0 saturated heterocycles. The zero-order valence-corrected chi connectivity index (χ0v) is 19.2. The number of benzene rings is 2. The lowest BCUT2D eigenvalue weighted by Gasteiger charge is -2.01. The fraction of sp³-hybridized carbons (Fsp3) is 0.0833. The normalized spacial score (nSPS) is 9.72. The van der Waals surface area contributed by atoms with Crippen LogP contribution in [0.2, 0.25) is 0 Å². The van der Waals surface area contributed by atoms with Crippen LogP contribution in [-0.2, 0) is 0 Å². The first-order valence-corrected chi connectivity index (χ1v) is 10.4. The van der Waals surface area contributed by atoms with Crippen molar-refractivity contribution in [3.63, 3.8) is 0 Å². The summed E-state index contributed by atoms with van der Waals surface area (Å²) in [4.78, 5) is 7.37. The molecular weight excluding hydrogens is 475 g/mol. The van der Waals surface area contributed by atoms with Gasteiger partial charge in [-0.25, -0.2) is 8.78 Å². The van der Waals surface area contributed by atoms with Gasteiger partial charge < -0.3 is 10.0 Å². The molecule has 0 radical (unpaired) electrons. The highest BCUT2D eigenvalue weighted by molar-refractivity contribution is 9.10. The Bertz CT molecular complexity index is 1090. The zero-order valence-electron chi connectivity index (χ0n) is 17.6. The predicted octanol–water partition coefficient (Wildman–Crippen LogP) is 4.85. The fourth-order valence-corrected chi connectivity index (χ4v) is 2.78. The summed E-state index contributed by atoms with van der Waals surface area (Å²) in [5.74, 6) is -0.623. The summed E-state index contributed by atoms with van der Waals surface area (Å²) in [6.45, 7) is 3.97. The molecule has 4 rings (SSSR count). The molecule has 0 bridgehead atoms. The van der Waals surface area contributed by atoms with Crippen LogP contribution < -0.4 is 5.46 Å². The van der Waals surface area contributed by atoms with Crippen LogP contribution in [0.25, 0.3) is 11.1 Å². The minimum atomic E-state index is -1.35. The van der Waals surface area contributed by atoms with Gasteiger partial charge in [-0.3, -0.25) is 9.97 Å². The van der Waals surface area contributed by atoms with Gasteiger partial charge in [-0.1, -0.05) is 59.7 Å². The van der Waals surface area contributed by atoms with E-state index in [0.29, 0.717) is 9.94 Å². The molecule has 2 N–H and O–H groups in total. The summed E-state index contributed by atoms with van der Waals surface area (Å²) in [5.41, 5.74) is 4.64. The Labute approximate surface area is 194 Å². The van der Waals surface area contributed by atoms with Crippen molar-refractivity contribution in [3.8, 4) is 11.1 Å². The summed E-state index contributed by atoms with van der Waals surface area (Å²) < 4.78 is 25.6. The van der Waals surface area contributed by atoms with Gasteiger partial charge in [0.15, 0.2) is 0 Å². The van der Waals surface area contributed by atoms with Crippen molar-refractivity contribution in [2.24, 2.45) is 0 Å². The topological polar surface area (TPSA) is 66.2 Å². The summed E-state index contributed by atoms with van der Waals surface area (Å²) in [6, 6.07) is 17.8. The van der Waals surface area contributed by atoms with Gasteiger partial charge >= 0.3 is 7.12 Å². The van der Waals surface area contributed by atoms with Gasteiger partial charge in [0.2, 0.25) is 0 Å². The van der Waals surface area contributed by atoms with Crippen LogP contribution in [0.15, 0.2) is 89.9 Å². The lowest BCUT2D eigenvalue weighted by molar-refractivity contribution is 0.426. The Hall–Kier alpha value is -2.94. The fourth-order valence-electron chi connectivity index (χ4n) is 2.44. The molecule has 0 saturated carbocycles. The van der Waals surface area contributed by atoms with Crippen molar-refractivity contribution in [2.45, 2.75) is 13.8 Å². The molecule has 0 spiro atoms. The second kappa shape index (κ2) is 12.8. The Morgan fingerprint density at radius 2 is 1.19 bits per heavy atom. The van der Waals surface area contributed by atoms with Crippen LogP contribution >= 0.6 is 15.9 Å². The van der Waals surface area contributed by atoms with Crippen molar-refractivity contribution < 1.29 is 18.8 Å². The highest BCUT2D eigenvalue weighted by atomic mass is 79.9. The van der Waals surface area contributed by atoms with Crippen LogP contribution in [0.4, 0.5) is 8.78 Å². The third-order valence-corrected chi connectivity index (χ3v) is 4.57. The van der Waals surface area contributed by atoms with Gasteiger partial charge in [0.25, 0.3) is 0 Å². The molecule has 0 aliphatic carbocycles. The molecule has 0 aliphatic heterocycles. The van der Waals surface area contributed by atoms with Crippen molar-refractivity contribution in [3.05, 3.63) is 113 Å². The SMILES string of the molecule is Cc1ccc(-c2cncc([18F])c2)cc1.Cc1ccc(B(O)O)cc1.[18F]c1cncc(Br)c1. The third kappa shape index (κ3) is 9.05. The number of hydrogen-bond acceptors (Lipinski definition) is 4. The molecule has 2 aromatic carbocycles. The second-order valence-electron chi connectivity index (χ2n) is 6.86. The number of rotatable bonds is 2. The molecule has 2 aromatic heterocycles. The minimum Gasteiger partial charge on any atom is -0.423 e. The van der Waals surface area contributed by atoms with Crippen LogP contribution in [0.3, 0.4) is 0 Å². The van der Waals surface area contributed by atoms with Gasteiger partial charge in [0.05, 0.1) is 12.4 Å². The maximum Gasteiger partial charge on any atom is 0.488 e. The first-order valence-electron chi connectivity index (χ1n) is 9.61. The number of pyridine rings is 2. The van der Waals surface area contributed by atoms with E-state index in [9.17, 15) is 8.78 Å². The van der Waals surface area contributed by atoms with Crippen molar-refractivity contribution in [2.75, 3.05) is 0 Å². The van der Waals surface area contributed by atoms with E-state index < -0.39 is 7.12 Å². The Balaban J connectivity index is 0.000000178. The molecule has 8 heteroatoms. The lowest BCUT2D eigenvalue weighted by Crippen LogP contribution is -2.29. The molecule has 2 heterocycles. The Morgan fingerprint density at radius 3 is 1.62 bits per heavy atom. The van der Waals surface area contributed by atoms with Crippen LogP contribution in [0, 0.1) is 25.5 Å². The molecule has 0 atom stereocenters. The minimum absolute atomic E-state index is 0.303. The van der Waals surface area contributed by atoms with E-state index in [1.165, 1.54) is 30.1 Å². The summed E-state index contributed by atoms with van der Waals surface area (Å²) in [7, 11) is -1.35. The van der Waals surface area contributed by atoms with Gasteiger partial charge in [0, 0.05) is 22.4 Å². The maximum atomic E-state index is 12.9. The van der Waals surface area contributed by atoms with E-state index in [2.05, 4.69) is 25.9 Å². The predicted molar refractivity (Wildman–Crippen MR) is 127 cm³/mol. The van der Waals surface area contributed by atoms with E-state index >= 15 is 0 Å². The molecule has 164 valence electrons. The van der Waals surface area contributed by atoms with Crippen LogP contribution in [0.1, 0.15) is 11.1 Å². The molecule has 0 fully saturated rings. The monoisotopic (exact) mass is 496 g/mol. The zero-order chi connectivity index (χ0) is 23.5. The van der Waals surface area contributed by atoms with Crippen molar-refractivity contribution in [1.29, 1.82) is 0 Å². The smallest absolute Gasteiger partial charge is 0.423 e. The Morgan fingerprint density at radius 1 is 0.688 bits per heavy atom. The van der Waals surface area contributed by atoms with Crippen LogP contribution in [-0.4, -0.2) is 27.1 Å². The van der Waals surface area contributed by atoms with Crippen molar-refractivity contribution in [1.82, 2.24) is 9.97 Å². The van der Waals surface area contributed by atoms with Crippen LogP contribution in [0.5, 0.6) is 0 Å². The summed E-state index contributed by atoms with van der Waals surface area (Å²) in [5, 5.41) is 17.3. The maximum absolute atomic E-state index is 12.9. The quantitative estimate of drug-likeness (QED) is 0.389. The largest absolute Gasteiger partial charge is 0.488 e. The molecule has 4 aromatic rings. The van der Waals surface area contributed by atoms with E-state index in [1.807, 2.05) is 50.2 Å². The van der Waals surface area contributed by atoms with Gasteiger partial charge in [0.1, 0.15) is 11.6 Å². The molecule has 0 aliphatic rings. The number of aromatic nitrogens is 2. The average Bonchev–Trinajstić information content (AvgIpc) is 2.75. The second-order valence-corrected chi connectivity index (χ2v) is 7.78. The molecule has 4 nitrogen and oxygen atoms in total. The first kappa shape index (κ1) is 25.3. The molecule has 0 unspecified atom stereocenters. The summed E-state index contributed by atoms with van der Waals surface area (Å²) >= 11 is 3.06. The first-order chi connectivity index (χ1) is 15.2. The number of hydrogen-bond donors (Lipinski definition) is 2. The number of nitrogens with zero attached hydrogens (tertiary/aromatic N) is 2. The van der Waals surface area contributed by atoms with E-state index in [4.69, 9.17) is 10.0 Å². The molecular formula is C24H22BBrF2N2O2. The number of aryl methyl sites for hydroxylation is 2. The molecule has 32 heavy (non-hydrogen) atoms. The van der Waals surface area contributed by atoms with Gasteiger partial charge in [-0.15, -0.1) is 0 Å².